The SMILES string of the molecule is N#Cc1ncccc1C(N)=NCCCCCCOc1ccccc1[N+](=O)[O-]. The molecule has 0 aliphatic heterocycles. The molecule has 0 radical (unpaired) electrons. The Morgan fingerprint density at radius 3 is 2.78 bits per heavy atom. The summed E-state index contributed by atoms with van der Waals surface area (Å²) in [7, 11) is 0. The largest absolute Gasteiger partial charge is 0.487 e. The van der Waals surface area contributed by atoms with Gasteiger partial charge in [-0.3, -0.25) is 15.1 Å². The second kappa shape index (κ2) is 10.5. The lowest BCUT2D eigenvalue weighted by atomic mass is 10.2. The summed E-state index contributed by atoms with van der Waals surface area (Å²) in [5.41, 5.74) is 6.72. The molecule has 2 N–H and O–H groups in total. The summed E-state index contributed by atoms with van der Waals surface area (Å²) in [6.07, 6.45) is 5.06. The highest BCUT2D eigenvalue weighted by Crippen LogP contribution is 2.25. The number of nitriles is 1. The van der Waals surface area contributed by atoms with E-state index in [4.69, 9.17) is 15.7 Å². The van der Waals surface area contributed by atoms with E-state index in [1.807, 2.05) is 6.07 Å². The Morgan fingerprint density at radius 2 is 2.00 bits per heavy atom. The summed E-state index contributed by atoms with van der Waals surface area (Å²) < 4.78 is 5.50. The minimum Gasteiger partial charge on any atom is -0.487 e. The first-order chi connectivity index (χ1) is 13.1. The van der Waals surface area contributed by atoms with Crippen molar-refractivity contribution < 1.29 is 9.66 Å². The lowest BCUT2D eigenvalue weighted by molar-refractivity contribution is -0.385. The zero-order valence-electron chi connectivity index (χ0n) is 14.9. The van der Waals surface area contributed by atoms with Gasteiger partial charge in [-0.25, -0.2) is 4.98 Å². The predicted molar refractivity (Wildman–Crippen MR) is 102 cm³/mol. The number of hydrogen-bond acceptors (Lipinski definition) is 6. The van der Waals surface area contributed by atoms with Gasteiger partial charge in [0.25, 0.3) is 0 Å². The molecule has 1 aromatic heterocycles. The molecule has 1 heterocycles. The van der Waals surface area contributed by atoms with Gasteiger partial charge >= 0.3 is 5.69 Å². The molecular weight excluding hydrogens is 346 g/mol. The number of para-hydroxylation sites is 2. The highest BCUT2D eigenvalue weighted by atomic mass is 16.6. The van der Waals surface area contributed by atoms with E-state index in [9.17, 15) is 10.1 Å². The zero-order valence-corrected chi connectivity index (χ0v) is 14.9. The molecule has 0 aliphatic carbocycles. The number of pyridine rings is 1. The predicted octanol–water partition coefficient (Wildman–Crippen LogP) is 3.21. The van der Waals surface area contributed by atoms with Crippen molar-refractivity contribution in [3.63, 3.8) is 0 Å². The van der Waals surface area contributed by atoms with Gasteiger partial charge in [0.1, 0.15) is 11.9 Å². The first kappa shape index (κ1) is 19.8. The number of hydrogen-bond donors (Lipinski definition) is 1. The molecule has 8 nitrogen and oxygen atoms in total. The summed E-state index contributed by atoms with van der Waals surface area (Å²) in [6, 6.07) is 11.8. The van der Waals surface area contributed by atoms with Crippen LogP contribution in [0, 0.1) is 21.4 Å². The van der Waals surface area contributed by atoms with E-state index in [0.29, 0.717) is 30.3 Å². The lowest BCUT2D eigenvalue weighted by Gasteiger charge is -2.06. The number of aromatic nitrogens is 1. The van der Waals surface area contributed by atoms with E-state index in [1.165, 1.54) is 6.07 Å². The number of benzene rings is 1. The summed E-state index contributed by atoms with van der Waals surface area (Å²) in [6.45, 7) is 0.994. The Hall–Kier alpha value is -3.47. The maximum absolute atomic E-state index is 10.9. The van der Waals surface area contributed by atoms with Crippen LogP contribution in [-0.4, -0.2) is 28.9 Å². The van der Waals surface area contributed by atoms with Crippen LogP contribution in [-0.2, 0) is 0 Å². The first-order valence-corrected chi connectivity index (χ1v) is 8.65. The minimum absolute atomic E-state index is 0.0190. The fourth-order valence-corrected chi connectivity index (χ4v) is 2.47. The van der Waals surface area contributed by atoms with Crippen molar-refractivity contribution in [3.8, 4) is 11.8 Å². The van der Waals surface area contributed by atoms with E-state index < -0.39 is 4.92 Å². The van der Waals surface area contributed by atoms with E-state index in [-0.39, 0.29) is 11.4 Å². The molecule has 0 unspecified atom stereocenters. The fourth-order valence-electron chi connectivity index (χ4n) is 2.47. The van der Waals surface area contributed by atoms with Gasteiger partial charge < -0.3 is 10.5 Å². The van der Waals surface area contributed by atoms with Crippen LogP contribution in [0.3, 0.4) is 0 Å². The Balaban J connectivity index is 1.67. The van der Waals surface area contributed by atoms with Crippen molar-refractivity contribution in [3.05, 3.63) is 64.0 Å². The Labute approximate surface area is 157 Å². The molecule has 2 aromatic rings. The van der Waals surface area contributed by atoms with Crippen LogP contribution in [0.4, 0.5) is 5.69 Å². The second-order valence-corrected chi connectivity index (χ2v) is 5.77. The molecule has 0 saturated carbocycles. The van der Waals surface area contributed by atoms with Gasteiger partial charge in [0.2, 0.25) is 0 Å². The highest BCUT2D eigenvalue weighted by Gasteiger charge is 2.13. The molecule has 0 atom stereocenters. The average Bonchev–Trinajstić information content (AvgIpc) is 2.69. The van der Waals surface area contributed by atoms with Crippen molar-refractivity contribution in [2.45, 2.75) is 25.7 Å². The van der Waals surface area contributed by atoms with Crippen LogP contribution in [0.25, 0.3) is 0 Å². The topological polar surface area (TPSA) is 127 Å². The van der Waals surface area contributed by atoms with E-state index in [1.54, 1.807) is 36.5 Å². The molecular formula is C19H21N5O3. The molecule has 0 amide bonds. The van der Waals surface area contributed by atoms with Gasteiger partial charge in [-0.1, -0.05) is 18.6 Å². The quantitative estimate of drug-likeness (QED) is 0.226. The molecule has 0 spiro atoms. The summed E-state index contributed by atoms with van der Waals surface area (Å²) in [5.74, 6) is 0.615. The number of nitrogens with zero attached hydrogens (tertiary/aromatic N) is 4. The molecule has 0 bridgehead atoms. The molecule has 8 heteroatoms. The Morgan fingerprint density at radius 1 is 1.22 bits per heavy atom. The minimum atomic E-state index is -0.447. The lowest BCUT2D eigenvalue weighted by Crippen LogP contribution is -2.16. The molecule has 0 aliphatic rings. The number of ether oxygens (including phenoxy) is 1. The van der Waals surface area contributed by atoms with E-state index >= 15 is 0 Å². The highest BCUT2D eigenvalue weighted by molar-refractivity contribution is 5.99. The van der Waals surface area contributed by atoms with Gasteiger partial charge in [0.05, 0.1) is 17.1 Å². The smallest absolute Gasteiger partial charge is 0.310 e. The maximum atomic E-state index is 10.9. The van der Waals surface area contributed by atoms with Crippen LogP contribution >= 0.6 is 0 Å². The third-order valence-corrected chi connectivity index (χ3v) is 3.84. The monoisotopic (exact) mass is 367 g/mol. The Bertz CT molecular complexity index is 845. The van der Waals surface area contributed by atoms with Crippen LogP contribution in [0.5, 0.6) is 5.75 Å². The van der Waals surface area contributed by atoms with Crippen LogP contribution < -0.4 is 10.5 Å². The first-order valence-electron chi connectivity index (χ1n) is 8.65. The summed E-state index contributed by atoms with van der Waals surface area (Å²) in [5, 5.41) is 19.9. The number of amidine groups is 1. The zero-order chi connectivity index (χ0) is 19.5. The van der Waals surface area contributed by atoms with Gasteiger partial charge in [-0.2, -0.15) is 5.26 Å². The van der Waals surface area contributed by atoms with Gasteiger partial charge in [-0.15, -0.1) is 0 Å². The third kappa shape index (κ3) is 6.08. The molecule has 27 heavy (non-hydrogen) atoms. The second-order valence-electron chi connectivity index (χ2n) is 5.77. The van der Waals surface area contributed by atoms with Crippen LogP contribution in [0.1, 0.15) is 36.9 Å². The molecule has 0 fully saturated rings. The number of unbranched alkanes of at least 4 members (excludes halogenated alkanes) is 3. The number of aliphatic imine (C=N–C) groups is 1. The van der Waals surface area contributed by atoms with Crippen molar-refractivity contribution in [1.29, 1.82) is 5.26 Å². The normalized spacial score (nSPS) is 11.0. The summed E-state index contributed by atoms with van der Waals surface area (Å²) in [4.78, 5) is 18.7. The van der Waals surface area contributed by atoms with Gasteiger partial charge in [-0.05, 0) is 37.5 Å². The van der Waals surface area contributed by atoms with Gasteiger partial charge in [0, 0.05) is 18.8 Å². The fraction of sp³-hybridized carbons (Fsp3) is 0.316. The summed E-state index contributed by atoms with van der Waals surface area (Å²) >= 11 is 0. The third-order valence-electron chi connectivity index (χ3n) is 3.84. The van der Waals surface area contributed by atoms with Crippen molar-refractivity contribution in [1.82, 2.24) is 4.98 Å². The number of nitro groups is 1. The molecule has 0 saturated heterocycles. The van der Waals surface area contributed by atoms with Gasteiger partial charge in [0.15, 0.2) is 11.4 Å². The van der Waals surface area contributed by atoms with Crippen molar-refractivity contribution in [2.24, 2.45) is 10.7 Å². The number of rotatable bonds is 10. The number of nitro benzene ring substituents is 1. The average molecular weight is 367 g/mol. The van der Waals surface area contributed by atoms with Crippen LogP contribution in [0.2, 0.25) is 0 Å². The molecule has 140 valence electrons. The van der Waals surface area contributed by atoms with Crippen LogP contribution in [0.15, 0.2) is 47.6 Å². The maximum Gasteiger partial charge on any atom is 0.310 e. The molecule has 1 aromatic carbocycles. The van der Waals surface area contributed by atoms with Crippen molar-refractivity contribution in [2.75, 3.05) is 13.2 Å². The van der Waals surface area contributed by atoms with E-state index in [0.717, 1.165) is 25.7 Å². The van der Waals surface area contributed by atoms with Crippen molar-refractivity contribution >= 4 is 11.5 Å². The molecule has 2 rings (SSSR count). The number of nitrogens with two attached hydrogens (primary N) is 1. The standard InChI is InChI=1S/C19H21N5O3/c20-14-16-15(8-7-12-22-16)19(21)23-11-5-1-2-6-13-27-18-10-4-3-9-17(18)24(25)26/h3-4,7-10,12H,1-2,5-6,11,13H2,(H2,21,23). The Kier molecular flexibility index (Phi) is 7.72. The van der Waals surface area contributed by atoms with E-state index in [2.05, 4.69) is 9.98 Å².